The molecule has 1 aliphatic heterocycles. The first-order valence-electron chi connectivity index (χ1n) is 7.98. The Morgan fingerprint density at radius 2 is 1.96 bits per heavy atom. The molecule has 1 fully saturated rings. The van der Waals surface area contributed by atoms with E-state index in [-0.39, 0.29) is 11.1 Å². The van der Waals surface area contributed by atoms with Gasteiger partial charge in [-0.2, -0.15) is 4.98 Å². The molecule has 0 N–H and O–H groups in total. The molecule has 6 heteroatoms. The number of hydrogen-bond acceptors (Lipinski definition) is 3. The van der Waals surface area contributed by atoms with Crippen molar-refractivity contribution in [3.63, 3.8) is 0 Å². The van der Waals surface area contributed by atoms with Gasteiger partial charge in [0.2, 0.25) is 0 Å². The third kappa shape index (κ3) is 4.13. The van der Waals surface area contributed by atoms with Crippen molar-refractivity contribution >= 4 is 11.2 Å². The van der Waals surface area contributed by atoms with Crippen LogP contribution >= 0.6 is 0 Å². The van der Waals surface area contributed by atoms with E-state index in [1.165, 1.54) is 12.1 Å². The van der Waals surface area contributed by atoms with Gasteiger partial charge in [0.1, 0.15) is 11.1 Å². The predicted molar refractivity (Wildman–Crippen MR) is 89.2 cm³/mol. The molecule has 1 saturated heterocycles. The summed E-state index contributed by atoms with van der Waals surface area (Å²) in [6.45, 7) is 2.89. The molecule has 1 aromatic carbocycles. The first-order valence-corrected chi connectivity index (χ1v) is 9.19. The second-order valence-electron chi connectivity index (χ2n) is 6.04. The van der Waals surface area contributed by atoms with Crippen molar-refractivity contribution in [1.29, 1.82) is 0 Å². The van der Waals surface area contributed by atoms with Crippen LogP contribution in [0.3, 0.4) is 0 Å². The highest BCUT2D eigenvalue weighted by molar-refractivity contribution is 7.91. The summed E-state index contributed by atoms with van der Waals surface area (Å²) in [7, 11) is 1.89. The normalized spacial score (nSPS) is 18.2. The van der Waals surface area contributed by atoms with E-state index in [2.05, 4.69) is 9.88 Å². The molecule has 1 atom stereocenters. The minimum atomic E-state index is -1.02. The van der Waals surface area contributed by atoms with Gasteiger partial charge in [0.15, 0.2) is 0 Å². The van der Waals surface area contributed by atoms with E-state index in [1.54, 1.807) is 6.20 Å². The molecule has 0 spiro atoms. The Hall–Kier alpha value is -1.37. The molecule has 124 valence electrons. The van der Waals surface area contributed by atoms with Crippen molar-refractivity contribution in [3.8, 4) is 0 Å². The van der Waals surface area contributed by atoms with Gasteiger partial charge in [-0.05, 0) is 24.1 Å². The number of imidazole rings is 1. The monoisotopic (exact) mass is 335 g/mol. The van der Waals surface area contributed by atoms with Gasteiger partial charge in [0, 0.05) is 56.9 Å². The van der Waals surface area contributed by atoms with Crippen molar-refractivity contribution in [2.24, 2.45) is 7.05 Å². The van der Waals surface area contributed by atoms with Gasteiger partial charge in [-0.15, -0.1) is 0 Å². The van der Waals surface area contributed by atoms with Gasteiger partial charge in [0.25, 0.3) is 0 Å². The van der Waals surface area contributed by atoms with Gasteiger partial charge in [-0.3, -0.25) is 4.57 Å². The summed E-state index contributed by atoms with van der Waals surface area (Å²) in [6, 6.07) is 6.71. The molecule has 3 rings (SSSR count). The summed E-state index contributed by atoms with van der Waals surface area (Å²) < 4.78 is 27.3. The Morgan fingerprint density at radius 1 is 1.26 bits per heavy atom. The van der Waals surface area contributed by atoms with Crippen LogP contribution in [0.5, 0.6) is 0 Å². The second kappa shape index (κ2) is 7.47. The largest absolute Gasteiger partial charge is 0.609 e. The summed E-state index contributed by atoms with van der Waals surface area (Å²) in [5.41, 5.74) is 1.16. The summed E-state index contributed by atoms with van der Waals surface area (Å²) >= 11 is -1.02. The van der Waals surface area contributed by atoms with Crippen molar-refractivity contribution in [3.05, 3.63) is 48.0 Å². The fourth-order valence-electron chi connectivity index (χ4n) is 2.98. The maximum absolute atomic E-state index is 12.9. The Balaban J connectivity index is 1.47. The number of nitrogens with zero attached hydrogens (tertiary/aromatic N) is 3. The minimum absolute atomic E-state index is 0.189. The molecule has 0 amide bonds. The molecule has 2 heterocycles. The number of halogens is 1. The van der Waals surface area contributed by atoms with E-state index >= 15 is 0 Å². The van der Waals surface area contributed by atoms with E-state index in [0.29, 0.717) is 5.16 Å². The highest BCUT2D eigenvalue weighted by Crippen LogP contribution is 2.23. The molecule has 0 bridgehead atoms. The van der Waals surface area contributed by atoms with Gasteiger partial charge in [-0.25, -0.2) is 4.39 Å². The first-order chi connectivity index (χ1) is 11.1. The van der Waals surface area contributed by atoms with E-state index in [0.717, 1.165) is 44.5 Å². The fourth-order valence-corrected chi connectivity index (χ4v) is 4.43. The third-order valence-corrected chi connectivity index (χ3v) is 6.25. The molecular formula is C17H22FN3OS. The molecule has 1 aromatic heterocycles. The van der Waals surface area contributed by atoms with Crippen LogP contribution < -0.4 is 0 Å². The highest BCUT2D eigenvalue weighted by Gasteiger charge is 2.31. The van der Waals surface area contributed by atoms with Crippen LogP contribution in [0.2, 0.25) is 0 Å². The quantitative estimate of drug-likeness (QED) is 0.788. The minimum Gasteiger partial charge on any atom is -0.609 e. The summed E-state index contributed by atoms with van der Waals surface area (Å²) in [5.74, 6) is -0.189. The van der Waals surface area contributed by atoms with Crippen LogP contribution in [0.4, 0.5) is 4.39 Å². The predicted octanol–water partition coefficient (Wildman–Crippen LogP) is 2.37. The zero-order valence-corrected chi connectivity index (χ0v) is 14.1. The summed E-state index contributed by atoms with van der Waals surface area (Å²) in [4.78, 5) is 6.61. The van der Waals surface area contributed by atoms with Gasteiger partial charge >= 0.3 is 5.16 Å². The van der Waals surface area contributed by atoms with Crippen LogP contribution in [0.1, 0.15) is 18.4 Å². The Morgan fingerprint density at radius 3 is 2.57 bits per heavy atom. The zero-order valence-electron chi connectivity index (χ0n) is 13.3. The maximum Gasteiger partial charge on any atom is 0.323 e. The number of hydrogen-bond donors (Lipinski definition) is 0. The van der Waals surface area contributed by atoms with Crippen molar-refractivity contribution < 1.29 is 8.94 Å². The van der Waals surface area contributed by atoms with E-state index in [1.807, 2.05) is 29.9 Å². The Kier molecular flexibility index (Phi) is 5.35. The number of aromatic nitrogens is 2. The van der Waals surface area contributed by atoms with E-state index < -0.39 is 11.2 Å². The maximum atomic E-state index is 12.9. The van der Waals surface area contributed by atoms with Gasteiger partial charge in [-0.1, -0.05) is 12.1 Å². The van der Waals surface area contributed by atoms with Crippen molar-refractivity contribution in [1.82, 2.24) is 14.5 Å². The lowest BCUT2D eigenvalue weighted by Crippen LogP contribution is -2.40. The lowest BCUT2D eigenvalue weighted by molar-refractivity contribution is 0.232. The van der Waals surface area contributed by atoms with Crippen LogP contribution in [0.15, 0.2) is 41.8 Å². The number of rotatable bonds is 5. The number of aryl methyl sites for hydroxylation is 1. The van der Waals surface area contributed by atoms with Crippen LogP contribution in [-0.4, -0.2) is 43.9 Å². The van der Waals surface area contributed by atoms with Gasteiger partial charge in [0.05, 0.1) is 6.20 Å². The second-order valence-corrected chi connectivity index (χ2v) is 7.66. The zero-order chi connectivity index (χ0) is 16.2. The number of piperidine rings is 1. The summed E-state index contributed by atoms with van der Waals surface area (Å²) in [6.07, 6.45) is 6.33. The first kappa shape index (κ1) is 16.5. The molecule has 0 saturated carbocycles. The average molecular weight is 335 g/mol. The number of benzene rings is 1. The average Bonchev–Trinajstić information content (AvgIpc) is 3.00. The van der Waals surface area contributed by atoms with E-state index in [9.17, 15) is 8.94 Å². The molecule has 2 aromatic rings. The Labute approximate surface area is 139 Å². The smallest absolute Gasteiger partial charge is 0.323 e. The fraction of sp³-hybridized carbons (Fsp3) is 0.471. The molecule has 4 nitrogen and oxygen atoms in total. The third-order valence-electron chi connectivity index (χ3n) is 4.42. The van der Waals surface area contributed by atoms with Crippen molar-refractivity contribution in [2.45, 2.75) is 29.7 Å². The lowest BCUT2D eigenvalue weighted by Gasteiger charge is -2.32. The molecule has 23 heavy (non-hydrogen) atoms. The molecular weight excluding hydrogens is 313 g/mol. The molecule has 0 radical (unpaired) electrons. The highest BCUT2D eigenvalue weighted by atomic mass is 32.2. The topological polar surface area (TPSA) is 44.1 Å². The van der Waals surface area contributed by atoms with Crippen molar-refractivity contribution in [2.75, 3.05) is 19.6 Å². The Bertz CT molecular complexity index is 623. The lowest BCUT2D eigenvalue weighted by atomic mass is 10.1. The van der Waals surface area contributed by atoms with Gasteiger partial charge < -0.3 is 9.45 Å². The van der Waals surface area contributed by atoms with Crippen LogP contribution in [0, 0.1) is 5.82 Å². The standard InChI is InChI=1S/C17H22FN3OS/c1-20-13-9-19-17(20)23(22)16-7-11-21(12-8-16)10-6-14-2-4-15(18)5-3-14/h2-5,9,13,16H,6-8,10-12H2,1H3. The SMILES string of the molecule is Cn1ccnc1[S+]([O-])C1CCN(CCc2ccc(F)cc2)CC1. The molecule has 1 unspecified atom stereocenters. The molecule has 1 aliphatic rings. The van der Waals surface area contributed by atoms with Crippen LogP contribution in [0.25, 0.3) is 0 Å². The number of likely N-dealkylation sites (tertiary alicyclic amines) is 1. The van der Waals surface area contributed by atoms with Crippen LogP contribution in [-0.2, 0) is 24.6 Å². The summed E-state index contributed by atoms with van der Waals surface area (Å²) in [5, 5.41) is 0.868. The van der Waals surface area contributed by atoms with E-state index in [4.69, 9.17) is 0 Å². The molecule has 0 aliphatic carbocycles.